The fraction of sp³-hybridized carbons (Fsp3) is 0.474. The predicted molar refractivity (Wildman–Crippen MR) is 93.3 cm³/mol. The van der Waals surface area contributed by atoms with Gasteiger partial charge in [-0.3, -0.25) is 14.4 Å². The van der Waals surface area contributed by atoms with Crippen molar-refractivity contribution in [3.63, 3.8) is 0 Å². The summed E-state index contributed by atoms with van der Waals surface area (Å²) in [6.45, 7) is 5.03. The number of carbonyl (C=O) groups excluding carboxylic acids is 1. The van der Waals surface area contributed by atoms with Crippen molar-refractivity contribution in [1.82, 2.24) is 9.78 Å². The Morgan fingerprint density at radius 3 is 2.64 bits per heavy atom. The number of aromatic nitrogens is 2. The number of halogens is 2. The third-order valence-corrected chi connectivity index (χ3v) is 5.26. The third kappa shape index (κ3) is 2.73. The Hall–Kier alpha value is -2.24. The molecule has 0 saturated heterocycles. The van der Waals surface area contributed by atoms with Crippen molar-refractivity contribution < 1.29 is 13.6 Å². The highest BCUT2D eigenvalue weighted by Crippen LogP contribution is 2.49. The summed E-state index contributed by atoms with van der Waals surface area (Å²) >= 11 is 0. The van der Waals surface area contributed by atoms with Gasteiger partial charge in [-0.2, -0.15) is 13.9 Å². The highest BCUT2D eigenvalue weighted by Gasteiger charge is 2.39. The molecule has 25 heavy (non-hydrogen) atoms. The number of benzene rings is 1. The van der Waals surface area contributed by atoms with Crippen LogP contribution in [-0.2, 0) is 12.5 Å². The van der Waals surface area contributed by atoms with Gasteiger partial charge in [0, 0.05) is 12.7 Å². The van der Waals surface area contributed by atoms with E-state index in [-0.39, 0.29) is 16.9 Å². The average molecular weight is 347 g/mol. The number of fused-ring (bicyclic) bond motifs is 1. The summed E-state index contributed by atoms with van der Waals surface area (Å²) in [5.74, 6) is -0.601. The lowest BCUT2D eigenvalue weighted by atomic mass is 9.86. The molecular weight excluding hydrogens is 324 g/mol. The zero-order valence-electron chi connectivity index (χ0n) is 15.2. The number of nitrogens with zero attached hydrogens (tertiary/aromatic N) is 3. The standard InChI is InChI=1S/C19H23F2N3O/c1-11-9-19(3,4)14-7-6-8-15(16(11)14)24(18(20)21)17(25)13-10-22-23(5)12(13)2/h6-8,10-11,18H,9H2,1-5H3. The SMILES string of the molecule is Cc1c(C(=O)N(c2cccc3c2C(C)CC3(C)C)C(F)F)cnn1C. The van der Waals surface area contributed by atoms with Crippen molar-refractivity contribution in [1.29, 1.82) is 0 Å². The van der Waals surface area contributed by atoms with Crippen LogP contribution in [0.2, 0.25) is 0 Å². The molecule has 3 rings (SSSR count). The topological polar surface area (TPSA) is 38.1 Å². The molecule has 134 valence electrons. The van der Waals surface area contributed by atoms with Crippen LogP contribution in [0.1, 0.15) is 60.3 Å². The van der Waals surface area contributed by atoms with Gasteiger partial charge in [0.1, 0.15) is 0 Å². The largest absolute Gasteiger partial charge is 0.321 e. The molecule has 4 nitrogen and oxygen atoms in total. The van der Waals surface area contributed by atoms with E-state index in [0.29, 0.717) is 16.3 Å². The molecule has 0 N–H and O–H groups in total. The first-order chi connectivity index (χ1) is 11.6. The number of rotatable bonds is 3. The van der Waals surface area contributed by atoms with Gasteiger partial charge in [-0.25, -0.2) is 0 Å². The lowest BCUT2D eigenvalue weighted by Crippen LogP contribution is -2.36. The van der Waals surface area contributed by atoms with Crippen LogP contribution in [0, 0.1) is 6.92 Å². The number of aryl methyl sites for hydroxylation is 1. The van der Waals surface area contributed by atoms with Crippen molar-refractivity contribution in [2.24, 2.45) is 7.05 Å². The van der Waals surface area contributed by atoms with Gasteiger partial charge in [-0.1, -0.05) is 32.9 Å². The van der Waals surface area contributed by atoms with Crippen molar-refractivity contribution in [3.8, 4) is 0 Å². The van der Waals surface area contributed by atoms with Crippen molar-refractivity contribution in [2.45, 2.75) is 52.0 Å². The molecule has 6 heteroatoms. The number of carbonyl (C=O) groups is 1. The minimum Gasteiger partial charge on any atom is -0.272 e. The molecule has 0 bridgehead atoms. The summed E-state index contributed by atoms with van der Waals surface area (Å²) in [5.41, 5.74) is 2.87. The predicted octanol–water partition coefficient (Wildman–Crippen LogP) is 4.38. The van der Waals surface area contributed by atoms with Gasteiger partial charge >= 0.3 is 6.55 Å². The van der Waals surface area contributed by atoms with Gasteiger partial charge in [0.05, 0.1) is 17.4 Å². The summed E-state index contributed by atoms with van der Waals surface area (Å²) in [6, 6.07) is 5.35. The van der Waals surface area contributed by atoms with E-state index in [2.05, 4.69) is 18.9 Å². The number of hydrogen-bond acceptors (Lipinski definition) is 2. The molecule has 0 fully saturated rings. The molecule has 1 aliphatic carbocycles. The molecule has 1 heterocycles. The van der Waals surface area contributed by atoms with Crippen LogP contribution in [0.15, 0.2) is 24.4 Å². The molecule has 0 saturated carbocycles. The lowest BCUT2D eigenvalue weighted by Gasteiger charge is -2.26. The fourth-order valence-corrected chi connectivity index (χ4v) is 3.99. The highest BCUT2D eigenvalue weighted by atomic mass is 19.3. The summed E-state index contributed by atoms with van der Waals surface area (Å²) in [5, 5.41) is 4.01. The van der Waals surface area contributed by atoms with Gasteiger partial charge in [0.15, 0.2) is 0 Å². The van der Waals surface area contributed by atoms with E-state index >= 15 is 0 Å². The zero-order valence-corrected chi connectivity index (χ0v) is 15.2. The fourth-order valence-electron chi connectivity index (χ4n) is 3.99. The molecule has 0 radical (unpaired) electrons. The third-order valence-electron chi connectivity index (χ3n) is 5.26. The Morgan fingerprint density at radius 2 is 2.08 bits per heavy atom. The lowest BCUT2D eigenvalue weighted by molar-refractivity contribution is 0.0837. The normalized spacial score (nSPS) is 18.5. The molecule has 0 aliphatic heterocycles. The van der Waals surface area contributed by atoms with Crippen molar-refractivity contribution in [3.05, 3.63) is 46.8 Å². The van der Waals surface area contributed by atoms with E-state index in [9.17, 15) is 13.6 Å². The van der Waals surface area contributed by atoms with E-state index in [0.717, 1.165) is 17.5 Å². The summed E-state index contributed by atoms with van der Waals surface area (Å²) < 4.78 is 29.4. The molecule has 1 aliphatic rings. The molecule has 1 aromatic carbocycles. The molecule has 1 amide bonds. The first kappa shape index (κ1) is 17.6. The molecule has 1 aromatic heterocycles. The second-order valence-electron chi connectivity index (χ2n) is 7.45. The van der Waals surface area contributed by atoms with Crippen LogP contribution in [0.3, 0.4) is 0 Å². The maximum absolute atomic E-state index is 13.9. The van der Waals surface area contributed by atoms with Crippen molar-refractivity contribution >= 4 is 11.6 Å². The monoisotopic (exact) mass is 347 g/mol. The van der Waals surface area contributed by atoms with Crippen LogP contribution < -0.4 is 4.90 Å². The van der Waals surface area contributed by atoms with Crippen LogP contribution in [-0.4, -0.2) is 22.2 Å². The van der Waals surface area contributed by atoms with E-state index in [1.54, 1.807) is 26.1 Å². The maximum atomic E-state index is 13.9. The van der Waals surface area contributed by atoms with Crippen LogP contribution in [0.5, 0.6) is 0 Å². The number of hydrogen-bond donors (Lipinski definition) is 0. The Labute approximate surface area is 146 Å². The van der Waals surface area contributed by atoms with Crippen LogP contribution >= 0.6 is 0 Å². The van der Waals surface area contributed by atoms with E-state index in [1.807, 2.05) is 13.0 Å². The number of anilines is 1. The Bertz CT molecular complexity index is 826. The minimum absolute atomic E-state index is 0.0914. The summed E-state index contributed by atoms with van der Waals surface area (Å²) in [7, 11) is 1.68. The molecule has 0 spiro atoms. The first-order valence-corrected chi connectivity index (χ1v) is 8.39. The van der Waals surface area contributed by atoms with Crippen LogP contribution in [0.4, 0.5) is 14.5 Å². The average Bonchev–Trinajstić information content (AvgIpc) is 2.97. The van der Waals surface area contributed by atoms with Gasteiger partial charge < -0.3 is 0 Å². The Morgan fingerprint density at radius 1 is 1.40 bits per heavy atom. The maximum Gasteiger partial charge on any atom is 0.321 e. The number of amides is 1. The highest BCUT2D eigenvalue weighted by molar-refractivity contribution is 6.07. The smallest absolute Gasteiger partial charge is 0.272 e. The zero-order chi connectivity index (χ0) is 18.5. The first-order valence-electron chi connectivity index (χ1n) is 8.39. The van der Waals surface area contributed by atoms with Crippen molar-refractivity contribution in [2.75, 3.05) is 4.90 Å². The second-order valence-corrected chi connectivity index (χ2v) is 7.45. The Kier molecular flexibility index (Phi) is 4.17. The van der Waals surface area contributed by atoms with Gasteiger partial charge in [-0.05, 0) is 41.9 Å². The summed E-state index contributed by atoms with van der Waals surface area (Å²) in [6.07, 6.45) is 2.22. The molecule has 1 atom stereocenters. The van der Waals surface area contributed by atoms with Crippen LogP contribution in [0.25, 0.3) is 0 Å². The Balaban J connectivity index is 2.14. The number of alkyl halides is 2. The quantitative estimate of drug-likeness (QED) is 0.773. The van der Waals surface area contributed by atoms with Gasteiger partial charge in [0.25, 0.3) is 5.91 Å². The minimum atomic E-state index is -2.92. The van der Waals surface area contributed by atoms with Gasteiger partial charge in [0.2, 0.25) is 0 Å². The van der Waals surface area contributed by atoms with Gasteiger partial charge in [-0.15, -0.1) is 0 Å². The summed E-state index contributed by atoms with van der Waals surface area (Å²) in [4.78, 5) is 13.5. The van der Waals surface area contributed by atoms with E-state index < -0.39 is 12.5 Å². The second kappa shape index (κ2) is 5.93. The molecular formula is C19H23F2N3O. The molecule has 2 aromatic rings. The molecule has 1 unspecified atom stereocenters. The van der Waals surface area contributed by atoms with E-state index in [4.69, 9.17) is 0 Å². The van der Waals surface area contributed by atoms with E-state index in [1.165, 1.54) is 10.9 Å².